The van der Waals surface area contributed by atoms with Crippen molar-refractivity contribution in [2.75, 3.05) is 0 Å². The highest BCUT2D eigenvalue weighted by atomic mass is 32.1. The Morgan fingerprint density at radius 2 is 0.615 bits per heavy atom. The van der Waals surface area contributed by atoms with Crippen LogP contribution in [0, 0.1) is 27.7 Å². The number of rotatable bonds is 0. The minimum Gasteiger partial charge on any atom is -0.186 e. The molecule has 5 aromatic heterocycles. The van der Waals surface area contributed by atoms with Gasteiger partial charge < -0.3 is 0 Å². The van der Waals surface area contributed by atoms with Crippen molar-refractivity contribution in [2.45, 2.75) is 159 Å². The molecular weight excluding hydrogens is 732 g/mol. The maximum Gasteiger partial charge on any atom is 0.373 e. The Balaban J connectivity index is 0.000000625. The molecule has 5 aromatic rings. The summed E-state index contributed by atoms with van der Waals surface area (Å²) in [5, 5.41) is 0.657. The minimum absolute atomic E-state index is 0.212. The van der Waals surface area contributed by atoms with Crippen LogP contribution in [0.1, 0.15) is 149 Å². The monoisotopic (exact) mass is 801 g/mol. The highest BCUT2D eigenvalue weighted by molar-refractivity contribution is 7.13. The van der Waals surface area contributed by atoms with Crippen molar-refractivity contribution in [3.05, 3.63) is 110 Å². The van der Waals surface area contributed by atoms with Gasteiger partial charge in [-0.1, -0.05) is 110 Å². The van der Waals surface area contributed by atoms with E-state index in [1.165, 1.54) is 43.9 Å². The van der Waals surface area contributed by atoms with Crippen LogP contribution in [0.25, 0.3) is 0 Å². The fraction of sp³-hybridized carbons (Fsp3) is 0.533. The van der Waals surface area contributed by atoms with Crippen LogP contribution in [-0.4, -0.2) is 6.15 Å². The molecule has 7 heteroatoms. The van der Waals surface area contributed by atoms with E-state index in [9.17, 15) is 0 Å². The predicted octanol–water partition coefficient (Wildman–Crippen LogP) is 15.9. The predicted molar refractivity (Wildman–Crippen MR) is 239 cm³/mol. The summed E-state index contributed by atoms with van der Waals surface area (Å²) in [7, 11) is 0. The van der Waals surface area contributed by atoms with Gasteiger partial charge >= 0.3 is 6.15 Å². The molecule has 0 unspecified atom stereocenters. The summed E-state index contributed by atoms with van der Waals surface area (Å²) in [6.07, 6.45) is 0.250. The number of hydrogen-bond donors (Lipinski definition) is 0. The number of carbonyl (C=O) groups excluding carboxylic acids is 2. The van der Waals surface area contributed by atoms with Gasteiger partial charge in [0.05, 0.1) is 1.37 Å². The average Bonchev–Trinajstić information content (AvgIpc) is 3.80. The molecule has 0 amide bonds. The van der Waals surface area contributed by atoms with Gasteiger partial charge in [-0.2, -0.15) is 9.59 Å². The Labute approximate surface area is 340 Å². The maximum atomic E-state index is 8.12. The van der Waals surface area contributed by atoms with Crippen molar-refractivity contribution in [1.82, 2.24) is 0 Å². The van der Waals surface area contributed by atoms with E-state index in [-0.39, 0.29) is 11.6 Å². The van der Waals surface area contributed by atoms with Crippen LogP contribution < -0.4 is 0 Å². The van der Waals surface area contributed by atoms with Crippen molar-refractivity contribution in [3.8, 4) is 0 Å². The van der Waals surface area contributed by atoms with E-state index in [2.05, 4.69) is 180 Å². The van der Waals surface area contributed by atoms with E-state index in [1.54, 1.807) is 11.3 Å². The van der Waals surface area contributed by atoms with E-state index in [0.29, 0.717) is 27.0 Å². The van der Waals surface area contributed by atoms with Crippen molar-refractivity contribution < 1.29 is 11.0 Å². The number of aryl methyl sites for hydroxylation is 4. The molecule has 0 atom stereocenters. The molecule has 0 saturated heterocycles. The van der Waals surface area contributed by atoms with Gasteiger partial charge in [-0.25, -0.2) is 0 Å². The zero-order valence-corrected chi connectivity index (χ0v) is 39.7. The summed E-state index contributed by atoms with van der Waals surface area (Å²) in [5.74, 6) is 0. The average molecular weight is 802 g/mol. The van der Waals surface area contributed by atoms with Crippen molar-refractivity contribution in [1.29, 1.82) is 0 Å². The molecule has 0 aliphatic heterocycles. The molecule has 0 fully saturated rings. The zero-order chi connectivity index (χ0) is 41.6. The summed E-state index contributed by atoms with van der Waals surface area (Å²) in [6.45, 7) is 42.1. The second kappa shape index (κ2) is 21.7. The Bertz CT molecular complexity index is 1480. The third-order valence-electron chi connectivity index (χ3n) is 7.13. The molecule has 0 aromatic carbocycles. The Kier molecular flexibility index (Phi) is 20.0. The van der Waals surface area contributed by atoms with E-state index in [1.807, 2.05) is 57.5 Å². The lowest BCUT2D eigenvalue weighted by Gasteiger charge is -2.15. The van der Waals surface area contributed by atoms with E-state index >= 15 is 0 Å². The summed E-state index contributed by atoms with van der Waals surface area (Å²) in [5.41, 5.74) is 1.54. The van der Waals surface area contributed by atoms with Crippen LogP contribution >= 0.6 is 56.7 Å². The molecule has 52 heavy (non-hydrogen) atoms. The Hall–Kier alpha value is -2.12. The van der Waals surface area contributed by atoms with E-state index < -0.39 is 0 Å². The van der Waals surface area contributed by atoms with Crippen LogP contribution in [0.3, 0.4) is 0 Å². The molecule has 0 aliphatic rings. The Morgan fingerprint density at radius 3 is 0.692 bits per heavy atom. The second-order valence-corrected chi connectivity index (χ2v) is 23.9. The lowest BCUT2D eigenvalue weighted by molar-refractivity contribution is -0.191. The third kappa shape index (κ3) is 20.9. The molecule has 0 N–H and O–H groups in total. The van der Waals surface area contributed by atoms with Gasteiger partial charge in [-0.3, -0.25) is 0 Å². The molecule has 290 valence electrons. The van der Waals surface area contributed by atoms with E-state index in [0.717, 1.165) is 0 Å². The van der Waals surface area contributed by atoms with Crippen LogP contribution in [0.4, 0.5) is 0 Å². The molecule has 0 radical (unpaired) electrons. The van der Waals surface area contributed by atoms with Crippen LogP contribution in [0.15, 0.2) is 66.0 Å². The Morgan fingerprint density at radius 1 is 0.404 bits per heavy atom. The van der Waals surface area contributed by atoms with Gasteiger partial charge in [0, 0.05) is 43.9 Å². The first kappa shape index (κ1) is 47.9. The molecule has 5 heterocycles. The fourth-order valence-corrected chi connectivity index (χ4v) is 8.40. The van der Waals surface area contributed by atoms with Crippen LogP contribution in [0.5, 0.6) is 0 Å². The molecular formula is C45H68O2S5. The second-order valence-electron chi connectivity index (χ2n) is 17.9. The number of thiophene rings is 5. The van der Waals surface area contributed by atoms with Crippen LogP contribution in [-0.2, 0) is 36.7 Å². The van der Waals surface area contributed by atoms with Gasteiger partial charge in [0.15, 0.2) is 0 Å². The molecule has 0 saturated carbocycles. The molecule has 0 bridgehead atoms. The smallest absolute Gasteiger partial charge is 0.186 e. The fourth-order valence-electron chi connectivity index (χ4n) is 3.99. The van der Waals surface area contributed by atoms with Crippen molar-refractivity contribution in [2.24, 2.45) is 0 Å². The van der Waals surface area contributed by atoms with Gasteiger partial charge in [0.1, 0.15) is 0 Å². The van der Waals surface area contributed by atoms with Crippen molar-refractivity contribution in [3.63, 3.8) is 0 Å². The van der Waals surface area contributed by atoms with Gasteiger partial charge in [-0.15, -0.1) is 56.7 Å². The first-order chi connectivity index (χ1) is 23.9. The van der Waals surface area contributed by atoms with Gasteiger partial charge in [0.25, 0.3) is 0 Å². The lowest BCUT2D eigenvalue weighted by Crippen LogP contribution is -2.07. The van der Waals surface area contributed by atoms with E-state index in [4.69, 9.17) is 11.0 Å². The van der Waals surface area contributed by atoms with Gasteiger partial charge in [-0.05, 0) is 115 Å². The largest absolute Gasteiger partial charge is 0.373 e. The summed E-state index contributed by atoms with van der Waals surface area (Å²) >= 11 is 9.14. The van der Waals surface area contributed by atoms with Gasteiger partial charge in [0.2, 0.25) is 0 Å². The standard InChI is InChI=1S/4C9H14S.C8H12S.CO2/c4*1-7-5-6-8(10-7)9(2,3)4;1-8(2,3)7-5-4-6-9-7;2-1-3/h4*5-6H,1-4H3;4-6H,1-3H3;/i1-1;;;;6T;. The lowest BCUT2D eigenvalue weighted by atomic mass is 9.95. The summed E-state index contributed by atoms with van der Waals surface area (Å²) < 4.78 is 7.31. The molecule has 0 spiro atoms. The van der Waals surface area contributed by atoms with Crippen molar-refractivity contribution >= 4 is 62.8 Å². The molecule has 5 rings (SSSR count). The summed E-state index contributed by atoms with van der Waals surface area (Å²) in [6, 6.07) is 21.5. The minimum atomic E-state index is 0.212. The summed E-state index contributed by atoms with van der Waals surface area (Å²) in [4.78, 5) is 29.1. The molecule has 2 nitrogen and oxygen atoms in total. The molecule has 0 aliphatic carbocycles. The first-order valence-corrected chi connectivity index (χ1v) is 21.8. The normalized spacial score (nSPS) is 11.7. The maximum absolute atomic E-state index is 8.12. The quantitative estimate of drug-likeness (QED) is 0.156. The zero-order valence-electron chi connectivity index (χ0n) is 36.6. The third-order valence-corrected chi connectivity index (χ3v) is 14.1. The topological polar surface area (TPSA) is 34.1 Å². The van der Waals surface area contributed by atoms with Crippen LogP contribution in [0.2, 0.25) is 0 Å². The highest BCUT2D eigenvalue weighted by Crippen LogP contribution is 2.31. The highest BCUT2D eigenvalue weighted by Gasteiger charge is 2.17. The first-order valence-electron chi connectivity index (χ1n) is 18.3. The number of hydrogen-bond acceptors (Lipinski definition) is 7. The SMILES string of the molecule is CC(C)(C)c1ccc([11CH3])s1.Cc1ccc(C(C)(C)C)s1.Cc1ccc(C(C)(C)C)s1.Cc1ccc(C(C)(C)C)s1.O=C=O.[3H]c1ccc(C(C)(C)C)s1.